The lowest BCUT2D eigenvalue weighted by molar-refractivity contribution is -0.348. The second kappa shape index (κ2) is 7.35. The molecule has 176 valence electrons. The van der Waals surface area contributed by atoms with Crippen LogP contribution in [0.15, 0.2) is 12.8 Å². The number of rotatable bonds is 7. The zero-order valence-electron chi connectivity index (χ0n) is 14.3. The van der Waals surface area contributed by atoms with E-state index in [9.17, 15) is 61.9 Å². The van der Waals surface area contributed by atoms with Gasteiger partial charge in [0, 0.05) is 0 Å². The van der Waals surface area contributed by atoms with Gasteiger partial charge in [-0.2, -0.15) is 43.9 Å². The Kier molecular flexibility index (Phi) is 6.41. The van der Waals surface area contributed by atoms with Crippen LogP contribution in [0.4, 0.5) is 57.1 Å². The van der Waals surface area contributed by atoms with E-state index in [-0.39, 0.29) is 13.0 Å². The first kappa shape index (κ1) is 26.1. The smallest absolute Gasteiger partial charge is 0.432 e. The molecule has 3 nitrogen and oxygen atoms in total. The molecule has 1 aliphatic carbocycles. The van der Waals surface area contributed by atoms with Crippen LogP contribution in [0.1, 0.15) is 12.8 Å². The summed E-state index contributed by atoms with van der Waals surface area (Å²) in [4.78, 5) is 11.6. The van der Waals surface area contributed by atoms with Crippen LogP contribution in [0.3, 0.4) is 0 Å². The normalized spacial score (nSPS) is 33.2. The van der Waals surface area contributed by atoms with Crippen molar-refractivity contribution in [2.24, 2.45) is 0 Å². The SMILES string of the molecule is C=COCCCCOC(=O)C1(F)C(F)(C(F)(F)F)C(F)(F)C(F)(F)C1(F)C(F)(F)F. The van der Waals surface area contributed by atoms with Gasteiger partial charge in [0.2, 0.25) is 0 Å². The highest BCUT2D eigenvalue weighted by molar-refractivity contribution is 5.86. The zero-order valence-corrected chi connectivity index (χ0v) is 14.3. The molecule has 0 aromatic carbocycles. The van der Waals surface area contributed by atoms with Gasteiger partial charge in [-0.05, 0) is 12.8 Å². The van der Waals surface area contributed by atoms with Gasteiger partial charge < -0.3 is 9.47 Å². The Bertz CT molecular complexity index is 633. The molecule has 1 fully saturated rings. The molecule has 0 N–H and O–H groups in total. The highest BCUT2D eigenvalue weighted by atomic mass is 19.4. The molecule has 0 aromatic rings. The maximum atomic E-state index is 14.8. The molecule has 1 saturated carbocycles. The number of hydrogen-bond donors (Lipinski definition) is 0. The summed E-state index contributed by atoms with van der Waals surface area (Å²) in [6, 6.07) is 0. The molecule has 0 saturated heterocycles. The van der Waals surface area contributed by atoms with Gasteiger partial charge in [0.25, 0.3) is 0 Å². The Hall–Kier alpha value is -1.90. The van der Waals surface area contributed by atoms with Crippen molar-refractivity contribution in [2.75, 3.05) is 13.2 Å². The molecule has 30 heavy (non-hydrogen) atoms. The number of unbranched alkanes of at least 4 members (excludes halogenated alkanes) is 1. The molecule has 0 spiro atoms. The van der Waals surface area contributed by atoms with Crippen LogP contribution in [-0.4, -0.2) is 60.4 Å². The molecular formula is C14H11F13O3. The largest absolute Gasteiger partial charge is 0.502 e. The third-order valence-corrected chi connectivity index (χ3v) is 4.28. The third kappa shape index (κ3) is 2.92. The summed E-state index contributed by atoms with van der Waals surface area (Å²) < 4.78 is 183. The zero-order chi connectivity index (χ0) is 24.0. The predicted octanol–water partition coefficient (Wildman–Crippen LogP) is 5.00. The molecule has 0 heterocycles. The van der Waals surface area contributed by atoms with E-state index < -0.39 is 60.2 Å². The second-order valence-corrected chi connectivity index (χ2v) is 6.00. The van der Waals surface area contributed by atoms with Gasteiger partial charge in [-0.15, -0.1) is 0 Å². The molecule has 16 heteroatoms. The molecule has 1 rings (SSSR count). The maximum absolute atomic E-state index is 14.8. The maximum Gasteiger partial charge on any atom is 0.432 e. The fourth-order valence-corrected chi connectivity index (χ4v) is 2.77. The minimum atomic E-state index is -7.70. The number of alkyl halides is 13. The Balaban J connectivity index is 3.60. The van der Waals surface area contributed by atoms with E-state index in [0.29, 0.717) is 0 Å². The van der Waals surface area contributed by atoms with Crippen LogP contribution in [0.25, 0.3) is 0 Å². The van der Waals surface area contributed by atoms with E-state index in [1.165, 1.54) is 0 Å². The highest BCUT2D eigenvalue weighted by Crippen LogP contribution is 2.74. The molecule has 1 aliphatic rings. The standard InChI is InChI=1S/C14H11F13O3/c1-2-29-5-3-4-6-30-7(28)8(15)9(16,13(22,23)24)11(18,19)12(20,21)10(8,17)14(25,26)27/h2H,1,3-6H2. The lowest BCUT2D eigenvalue weighted by atomic mass is 9.79. The lowest BCUT2D eigenvalue weighted by Crippen LogP contribution is -2.72. The van der Waals surface area contributed by atoms with E-state index >= 15 is 0 Å². The van der Waals surface area contributed by atoms with Crippen LogP contribution in [0.5, 0.6) is 0 Å². The van der Waals surface area contributed by atoms with Crippen LogP contribution in [-0.2, 0) is 14.3 Å². The monoisotopic (exact) mass is 474 g/mol. The Morgan fingerprint density at radius 3 is 1.47 bits per heavy atom. The fraction of sp³-hybridized carbons (Fsp3) is 0.786. The van der Waals surface area contributed by atoms with E-state index in [1.54, 1.807) is 0 Å². The summed E-state index contributed by atoms with van der Waals surface area (Å²) in [5.74, 6) is -19.3. The van der Waals surface area contributed by atoms with Crippen molar-refractivity contribution < 1.29 is 71.3 Å². The predicted molar refractivity (Wildman–Crippen MR) is 69.9 cm³/mol. The Morgan fingerprint density at radius 2 is 1.13 bits per heavy atom. The van der Waals surface area contributed by atoms with Crippen molar-refractivity contribution in [1.82, 2.24) is 0 Å². The number of hydrogen-bond acceptors (Lipinski definition) is 3. The molecular weight excluding hydrogens is 463 g/mol. The average Bonchev–Trinajstić information content (AvgIpc) is 2.66. The molecule has 2 unspecified atom stereocenters. The van der Waals surface area contributed by atoms with Crippen LogP contribution in [0, 0.1) is 0 Å². The van der Waals surface area contributed by atoms with E-state index in [1.807, 2.05) is 0 Å². The quantitative estimate of drug-likeness (QED) is 0.226. The summed E-state index contributed by atoms with van der Waals surface area (Å²) >= 11 is 0. The summed E-state index contributed by atoms with van der Waals surface area (Å²) in [7, 11) is 0. The number of ether oxygens (including phenoxy) is 2. The molecule has 0 aliphatic heterocycles. The summed E-state index contributed by atoms with van der Waals surface area (Å²) in [5.41, 5.74) is -22.5. The molecule has 2 atom stereocenters. The number of esters is 1. The average molecular weight is 474 g/mol. The highest BCUT2D eigenvalue weighted by Gasteiger charge is 3.10. The summed E-state index contributed by atoms with van der Waals surface area (Å²) in [6.45, 7) is 1.47. The van der Waals surface area contributed by atoms with Crippen molar-refractivity contribution in [3.63, 3.8) is 0 Å². The minimum absolute atomic E-state index is 0.203. The first-order valence-corrected chi connectivity index (χ1v) is 7.59. The Morgan fingerprint density at radius 1 is 0.767 bits per heavy atom. The van der Waals surface area contributed by atoms with Crippen molar-refractivity contribution >= 4 is 5.97 Å². The first-order chi connectivity index (χ1) is 13.2. The van der Waals surface area contributed by atoms with Crippen molar-refractivity contribution in [3.8, 4) is 0 Å². The summed E-state index contributed by atoms with van der Waals surface area (Å²) in [6.07, 6.45) is -15.1. The van der Waals surface area contributed by atoms with Crippen LogP contribution in [0.2, 0.25) is 0 Å². The molecule has 0 bridgehead atoms. The van der Waals surface area contributed by atoms with Crippen molar-refractivity contribution in [3.05, 3.63) is 12.8 Å². The van der Waals surface area contributed by atoms with Gasteiger partial charge in [-0.25, -0.2) is 18.0 Å². The fourth-order valence-electron chi connectivity index (χ4n) is 2.77. The van der Waals surface area contributed by atoms with Gasteiger partial charge in [0.05, 0.1) is 19.5 Å². The van der Waals surface area contributed by atoms with E-state index in [0.717, 1.165) is 6.26 Å². The van der Waals surface area contributed by atoms with Crippen molar-refractivity contribution in [2.45, 2.75) is 54.0 Å². The topological polar surface area (TPSA) is 35.5 Å². The Labute approximate surface area is 158 Å². The van der Waals surface area contributed by atoms with Crippen molar-refractivity contribution in [1.29, 1.82) is 0 Å². The van der Waals surface area contributed by atoms with Gasteiger partial charge in [0.15, 0.2) is 0 Å². The molecule has 0 amide bonds. The number of carbonyl (C=O) groups excluding carboxylic acids is 1. The molecule has 0 aromatic heterocycles. The third-order valence-electron chi connectivity index (χ3n) is 4.28. The van der Waals surface area contributed by atoms with Gasteiger partial charge in [-0.3, -0.25) is 0 Å². The second-order valence-electron chi connectivity index (χ2n) is 6.00. The molecule has 0 radical (unpaired) electrons. The van der Waals surface area contributed by atoms with Gasteiger partial charge in [0.1, 0.15) is 0 Å². The lowest BCUT2D eigenvalue weighted by Gasteiger charge is -2.38. The minimum Gasteiger partial charge on any atom is -0.502 e. The number of carbonyl (C=O) groups is 1. The van der Waals surface area contributed by atoms with Crippen LogP contribution >= 0.6 is 0 Å². The number of halogens is 13. The van der Waals surface area contributed by atoms with E-state index in [2.05, 4.69) is 16.1 Å². The first-order valence-electron chi connectivity index (χ1n) is 7.59. The van der Waals surface area contributed by atoms with Gasteiger partial charge >= 0.3 is 47.2 Å². The van der Waals surface area contributed by atoms with Crippen LogP contribution < -0.4 is 0 Å². The van der Waals surface area contributed by atoms with E-state index in [4.69, 9.17) is 0 Å². The van der Waals surface area contributed by atoms with Gasteiger partial charge in [-0.1, -0.05) is 6.58 Å². The summed E-state index contributed by atoms with van der Waals surface area (Å²) in [5, 5.41) is 0.